The second kappa shape index (κ2) is 18.4. The zero-order valence-corrected chi connectivity index (χ0v) is 38.1. The van der Waals surface area contributed by atoms with Crippen LogP contribution in [0.1, 0.15) is 193 Å². The predicted molar refractivity (Wildman–Crippen MR) is 236 cm³/mol. The highest BCUT2D eigenvalue weighted by Gasteiger charge is 2.48. The van der Waals surface area contributed by atoms with Crippen LogP contribution in [-0.4, -0.2) is 45.6 Å². The highest BCUT2D eigenvalue weighted by Crippen LogP contribution is 2.57. The van der Waals surface area contributed by atoms with Gasteiger partial charge in [-0.3, -0.25) is 0 Å². The van der Waals surface area contributed by atoms with Crippen molar-refractivity contribution < 1.29 is 39.1 Å². The molecule has 4 atom stereocenters. The van der Waals surface area contributed by atoms with Crippen LogP contribution in [0.2, 0.25) is 0 Å². The van der Waals surface area contributed by atoms with Crippen molar-refractivity contribution >= 4 is 11.9 Å². The highest BCUT2D eigenvalue weighted by molar-refractivity contribution is 5.89. The molecule has 8 heteroatoms. The number of hydrogen-bond acceptors (Lipinski definition) is 7. The van der Waals surface area contributed by atoms with Gasteiger partial charge in [0.2, 0.25) is 0 Å². The Morgan fingerprint density at radius 3 is 1.47 bits per heavy atom. The van der Waals surface area contributed by atoms with Crippen LogP contribution in [0.5, 0.6) is 23.0 Å². The molecule has 8 nitrogen and oxygen atoms in total. The fourth-order valence-electron chi connectivity index (χ4n) is 10.3. The van der Waals surface area contributed by atoms with Gasteiger partial charge in [-0.1, -0.05) is 105 Å². The first-order valence-electron chi connectivity index (χ1n) is 22.5. The van der Waals surface area contributed by atoms with Gasteiger partial charge in [0.05, 0.1) is 7.11 Å². The van der Waals surface area contributed by atoms with E-state index in [-0.39, 0.29) is 51.8 Å². The smallest absolute Gasteiger partial charge is 0.333 e. The van der Waals surface area contributed by atoms with E-state index < -0.39 is 11.6 Å². The number of allylic oxidation sites excluding steroid dienone is 2. The molecule has 59 heavy (non-hydrogen) atoms. The maximum absolute atomic E-state index is 12.1. The summed E-state index contributed by atoms with van der Waals surface area (Å²) >= 11 is 0. The number of aliphatic carboxylic acids is 1. The molecule has 2 aliphatic carbocycles. The minimum absolute atomic E-state index is 0.0335. The average molecular weight is 815 g/mol. The molecular formula is C51H74O8. The van der Waals surface area contributed by atoms with Gasteiger partial charge < -0.3 is 29.5 Å². The molecule has 3 N–H and O–H groups in total. The third kappa shape index (κ3) is 10.2. The topological polar surface area (TPSA) is 123 Å². The Morgan fingerprint density at radius 1 is 0.678 bits per heavy atom. The first kappa shape index (κ1) is 46.1. The van der Waals surface area contributed by atoms with E-state index in [1.54, 1.807) is 0 Å². The minimum atomic E-state index is -0.862. The van der Waals surface area contributed by atoms with E-state index in [0.29, 0.717) is 36.2 Å². The molecule has 0 aromatic heterocycles. The number of unbranched alkanes of at least 4 members (excludes halogenated alkanes) is 6. The number of methoxy groups -OCH3 is 1. The molecule has 326 valence electrons. The van der Waals surface area contributed by atoms with E-state index in [1.165, 1.54) is 58.5 Å². The van der Waals surface area contributed by atoms with Crippen molar-refractivity contribution in [1.82, 2.24) is 0 Å². The summed E-state index contributed by atoms with van der Waals surface area (Å²) in [5, 5.41) is 31.6. The molecule has 0 spiro atoms. The zero-order valence-electron chi connectivity index (χ0n) is 38.1. The quantitative estimate of drug-likeness (QED) is 0.127. The third-order valence-electron chi connectivity index (χ3n) is 14.2. The highest BCUT2D eigenvalue weighted by atomic mass is 16.5. The molecule has 0 radical (unpaired) electrons. The summed E-state index contributed by atoms with van der Waals surface area (Å²) in [6.45, 7) is 21.8. The number of carboxylic acids is 1. The Balaban J connectivity index is 0.000000224. The van der Waals surface area contributed by atoms with Crippen LogP contribution in [0.3, 0.4) is 0 Å². The summed E-state index contributed by atoms with van der Waals surface area (Å²) in [5.74, 6) is 1.26. The van der Waals surface area contributed by atoms with Crippen LogP contribution in [0.4, 0.5) is 0 Å². The Bertz CT molecular complexity index is 1890. The lowest BCUT2D eigenvalue weighted by Crippen LogP contribution is -2.46. The van der Waals surface area contributed by atoms with Gasteiger partial charge in [0, 0.05) is 45.9 Å². The van der Waals surface area contributed by atoms with Crippen LogP contribution in [-0.2, 0) is 25.2 Å². The molecular weight excluding hydrogens is 741 g/mol. The van der Waals surface area contributed by atoms with Crippen molar-refractivity contribution in [3.8, 4) is 23.0 Å². The zero-order chi connectivity index (χ0) is 43.5. The number of fused-ring (bicyclic) bond motifs is 6. The number of carboxylic acid groups (broad SMARTS) is 1. The number of phenolic OH excluding ortho intramolecular Hbond substituents is 2. The van der Waals surface area contributed by atoms with Gasteiger partial charge in [0.25, 0.3) is 0 Å². The normalized spacial score (nSPS) is 22.6. The third-order valence-corrected chi connectivity index (χ3v) is 14.2. The number of carbonyl (C=O) groups is 2. The standard InChI is InChI=1S/C26H38O4.C25H36O4/c1-7-8-9-10-13-25(2,3)18-15-21(27)23-19-14-17(24(28)29-6)11-12-20(19)26(4,5)30-22(23)16-18;1-6-7-8-9-12-24(2,3)17-14-20(26)22-18-13-16(23(27)28)10-11-19(18)25(4,5)29-21(22)15-17/h11,15-16,19-20,27H,7-10,12-14H2,1-6H3;10,14-15,18-19,26H,6-9,11-13H2,1-5H3,(H,27,28)/t19-,20-;18-,19-/m11/s1. The summed E-state index contributed by atoms with van der Waals surface area (Å²) in [7, 11) is 1.42. The number of hydrogen-bond donors (Lipinski definition) is 3. The van der Waals surface area contributed by atoms with Crippen molar-refractivity contribution in [1.29, 1.82) is 0 Å². The van der Waals surface area contributed by atoms with Crippen LogP contribution in [0.25, 0.3) is 0 Å². The van der Waals surface area contributed by atoms with Gasteiger partial charge in [-0.2, -0.15) is 0 Å². The Hall–Kier alpha value is -3.94. The summed E-state index contributed by atoms with van der Waals surface area (Å²) in [4.78, 5) is 23.7. The lowest BCUT2D eigenvalue weighted by molar-refractivity contribution is -0.136. The molecule has 0 saturated heterocycles. The van der Waals surface area contributed by atoms with Gasteiger partial charge in [-0.15, -0.1) is 0 Å². The fraction of sp³-hybridized carbons (Fsp3) is 0.647. The maximum Gasteiger partial charge on any atom is 0.333 e. The SMILES string of the molecule is CCCCCCC(C)(C)c1cc(O)c2c(c1)OC(C)(C)[C@@H]1CC=C(C(=O)O)C[C@@H]21.CCCCCCC(C)(C)c1cc(O)c2c(c1)OC(C)(C)[C@@H]1CC=C(C(=O)OC)C[C@@H]21. The van der Waals surface area contributed by atoms with Crippen LogP contribution in [0.15, 0.2) is 47.6 Å². The van der Waals surface area contributed by atoms with Crippen LogP contribution < -0.4 is 9.47 Å². The fourth-order valence-corrected chi connectivity index (χ4v) is 10.3. The number of rotatable bonds is 14. The van der Waals surface area contributed by atoms with E-state index in [4.69, 9.17) is 14.2 Å². The maximum atomic E-state index is 12.1. The van der Waals surface area contributed by atoms with Crippen molar-refractivity contribution in [2.24, 2.45) is 11.8 Å². The van der Waals surface area contributed by atoms with Gasteiger partial charge in [0.1, 0.15) is 34.2 Å². The molecule has 4 aliphatic rings. The summed E-state index contributed by atoms with van der Waals surface area (Å²) in [6, 6.07) is 8.03. The summed E-state index contributed by atoms with van der Waals surface area (Å²) < 4.78 is 17.8. The molecule has 0 saturated carbocycles. The minimum Gasteiger partial charge on any atom is -0.508 e. The molecule has 6 rings (SSSR count). The second-order valence-corrected chi connectivity index (χ2v) is 20.2. The molecule has 0 bridgehead atoms. The van der Waals surface area contributed by atoms with Crippen LogP contribution in [0, 0.1) is 11.8 Å². The lowest BCUT2D eigenvalue weighted by atomic mass is 9.66. The largest absolute Gasteiger partial charge is 0.508 e. The van der Waals surface area contributed by atoms with Crippen molar-refractivity contribution in [3.63, 3.8) is 0 Å². The molecule has 2 aromatic carbocycles. The van der Waals surface area contributed by atoms with Gasteiger partial charge in [-0.05, 0) is 112 Å². The number of benzene rings is 2. The van der Waals surface area contributed by atoms with Gasteiger partial charge >= 0.3 is 11.9 Å². The number of phenols is 2. The first-order valence-corrected chi connectivity index (χ1v) is 22.5. The van der Waals surface area contributed by atoms with Crippen molar-refractivity contribution in [2.45, 2.75) is 193 Å². The molecule has 2 heterocycles. The first-order chi connectivity index (χ1) is 27.7. The molecule has 0 fully saturated rings. The van der Waals surface area contributed by atoms with Crippen LogP contribution >= 0.6 is 0 Å². The molecule has 0 amide bonds. The van der Waals surface area contributed by atoms with Gasteiger partial charge in [0.15, 0.2) is 0 Å². The second-order valence-electron chi connectivity index (χ2n) is 20.2. The Labute approximate surface area is 354 Å². The van der Waals surface area contributed by atoms with E-state index in [9.17, 15) is 24.9 Å². The van der Waals surface area contributed by atoms with Crippen molar-refractivity contribution in [3.05, 3.63) is 69.8 Å². The Morgan fingerprint density at radius 2 is 1.08 bits per heavy atom. The van der Waals surface area contributed by atoms with Gasteiger partial charge in [-0.25, -0.2) is 9.59 Å². The molecule has 0 unspecified atom stereocenters. The molecule has 2 aromatic rings. The average Bonchev–Trinajstić information content (AvgIpc) is 3.16. The predicted octanol–water partition coefficient (Wildman–Crippen LogP) is 12.7. The number of esters is 1. The number of aromatic hydroxyl groups is 2. The lowest BCUT2D eigenvalue weighted by Gasteiger charge is -2.47. The van der Waals surface area contributed by atoms with E-state index >= 15 is 0 Å². The number of carbonyl (C=O) groups excluding carboxylic acids is 1. The van der Waals surface area contributed by atoms with E-state index in [2.05, 4.69) is 81.4 Å². The van der Waals surface area contributed by atoms with E-state index in [0.717, 1.165) is 53.0 Å². The van der Waals surface area contributed by atoms with E-state index in [1.807, 2.05) is 24.3 Å². The monoisotopic (exact) mass is 815 g/mol. The van der Waals surface area contributed by atoms with Crippen molar-refractivity contribution in [2.75, 3.05) is 7.11 Å². The summed E-state index contributed by atoms with van der Waals surface area (Å²) in [5.41, 5.74) is 4.11. The molecule has 2 aliphatic heterocycles. The Kier molecular flexibility index (Phi) is 14.4. The number of ether oxygens (including phenoxy) is 3. The summed E-state index contributed by atoms with van der Waals surface area (Å²) in [6.07, 6.45) is 18.2.